The van der Waals surface area contributed by atoms with Crippen LogP contribution in [-0.2, 0) is 24.3 Å². The maximum Gasteiger partial charge on any atom is 0.330 e. The lowest BCUT2D eigenvalue weighted by Crippen LogP contribution is -2.44. The van der Waals surface area contributed by atoms with E-state index in [1.807, 2.05) is 0 Å². The van der Waals surface area contributed by atoms with E-state index in [-0.39, 0.29) is 17.1 Å². The van der Waals surface area contributed by atoms with Gasteiger partial charge in [-0.3, -0.25) is 4.79 Å². The minimum absolute atomic E-state index is 0.0151. The molecule has 0 saturated heterocycles. The van der Waals surface area contributed by atoms with Crippen LogP contribution >= 0.6 is 0 Å². The molecule has 9 nitrogen and oxygen atoms in total. The van der Waals surface area contributed by atoms with Crippen molar-refractivity contribution in [2.24, 2.45) is 0 Å². The first-order valence-corrected chi connectivity index (χ1v) is 8.84. The second-order valence-corrected chi connectivity index (χ2v) is 6.95. The van der Waals surface area contributed by atoms with Crippen molar-refractivity contribution in [1.29, 1.82) is 0 Å². The SMILES string of the molecule is COC[C@H](C)NS(=O)(=O)c1ccc(C(=O)N[C@H](CO)C(=O)OC)cc1. The Bertz CT molecular complexity index is 688. The van der Waals surface area contributed by atoms with Crippen LogP contribution in [-0.4, -0.2) is 64.9 Å². The molecule has 0 aliphatic carbocycles. The Morgan fingerprint density at radius 2 is 1.80 bits per heavy atom. The van der Waals surface area contributed by atoms with Gasteiger partial charge in [-0.2, -0.15) is 0 Å². The number of methoxy groups -OCH3 is 2. The molecule has 140 valence electrons. The third-order valence-electron chi connectivity index (χ3n) is 3.17. The molecule has 1 amide bonds. The smallest absolute Gasteiger partial charge is 0.330 e. The van der Waals surface area contributed by atoms with E-state index in [0.29, 0.717) is 0 Å². The van der Waals surface area contributed by atoms with Gasteiger partial charge in [0.15, 0.2) is 6.04 Å². The zero-order chi connectivity index (χ0) is 19.0. The molecule has 0 unspecified atom stereocenters. The first-order chi connectivity index (χ1) is 11.7. The molecule has 0 spiro atoms. The number of sulfonamides is 1. The van der Waals surface area contributed by atoms with E-state index in [4.69, 9.17) is 9.84 Å². The van der Waals surface area contributed by atoms with Crippen LogP contribution in [0.25, 0.3) is 0 Å². The van der Waals surface area contributed by atoms with Crippen molar-refractivity contribution in [1.82, 2.24) is 10.0 Å². The van der Waals surface area contributed by atoms with E-state index in [1.54, 1.807) is 6.92 Å². The average Bonchev–Trinajstić information content (AvgIpc) is 2.58. The molecule has 1 aromatic rings. The fraction of sp³-hybridized carbons (Fsp3) is 0.467. The van der Waals surface area contributed by atoms with Crippen LogP contribution in [0, 0.1) is 0 Å². The van der Waals surface area contributed by atoms with Crippen LogP contribution in [0.5, 0.6) is 0 Å². The second kappa shape index (κ2) is 9.47. The molecule has 0 aliphatic heterocycles. The minimum Gasteiger partial charge on any atom is -0.467 e. The van der Waals surface area contributed by atoms with Crippen LogP contribution in [0.4, 0.5) is 0 Å². The fourth-order valence-electron chi connectivity index (χ4n) is 1.97. The number of hydrogen-bond acceptors (Lipinski definition) is 7. The average molecular weight is 374 g/mol. The van der Waals surface area contributed by atoms with Gasteiger partial charge in [-0.25, -0.2) is 17.9 Å². The number of carbonyl (C=O) groups is 2. The third-order valence-corrected chi connectivity index (χ3v) is 4.78. The van der Waals surface area contributed by atoms with Crippen LogP contribution in [0.3, 0.4) is 0 Å². The first-order valence-electron chi connectivity index (χ1n) is 7.36. The van der Waals surface area contributed by atoms with E-state index in [1.165, 1.54) is 31.4 Å². The number of amides is 1. The number of ether oxygens (including phenoxy) is 2. The summed E-state index contributed by atoms with van der Waals surface area (Å²) in [5.74, 6) is -1.43. The van der Waals surface area contributed by atoms with Gasteiger partial charge >= 0.3 is 5.97 Å². The van der Waals surface area contributed by atoms with Gasteiger partial charge in [-0.05, 0) is 31.2 Å². The standard InChI is InChI=1S/C15H22N2O7S/c1-10(9-23-2)17-25(21,22)12-6-4-11(5-7-12)14(19)16-13(8-18)15(20)24-3/h4-7,10,13,17-18H,8-9H2,1-3H3,(H,16,19)/t10-,13+/m0/s1. The summed E-state index contributed by atoms with van der Waals surface area (Å²) in [6.45, 7) is 1.26. The Morgan fingerprint density at radius 1 is 1.20 bits per heavy atom. The normalized spacial score (nSPS) is 13.8. The lowest BCUT2D eigenvalue weighted by atomic mass is 10.2. The molecule has 1 aromatic carbocycles. The Balaban J connectivity index is 2.84. The van der Waals surface area contributed by atoms with Gasteiger partial charge in [-0.1, -0.05) is 0 Å². The van der Waals surface area contributed by atoms with Crippen molar-refractivity contribution in [2.75, 3.05) is 27.4 Å². The highest BCUT2D eigenvalue weighted by molar-refractivity contribution is 7.89. The maximum absolute atomic E-state index is 12.2. The summed E-state index contributed by atoms with van der Waals surface area (Å²) in [7, 11) is -1.15. The van der Waals surface area contributed by atoms with E-state index in [9.17, 15) is 18.0 Å². The van der Waals surface area contributed by atoms with E-state index in [0.717, 1.165) is 7.11 Å². The summed E-state index contributed by atoms with van der Waals surface area (Å²) in [5.41, 5.74) is 0.131. The van der Waals surface area contributed by atoms with Crippen molar-refractivity contribution in [2.45, 2.75) is 23.9 Å². The third kappa shape index (κ3) is 6.09. The molecule has 0 heterocycles. The predicted molar refractivity (Wildman–Crippen MR) is 88.5 cm³/mol. The van der Waals surface area contributed by atoms with Crippen LogP contribution in [0.1, 0.15) is 17.3 Å². The van der Waals surface area contributed by atoms with Crippen LogP contribution < -0.4 is 10.0 Å². The molecule has 0 radical (unpaired) electrons. The van der Waals surface area contributed by atoms with Crippen molar-refractivity contribution in [3.63, 3.8) is 0 Å². The lowest BCUT2D eigenvalue weighted by Gasteiger charge is -2.15. The summed E-state index contributed by atoms with van der Waals surface area (Å²) < 4.78 is 36.1. The molecule has 0 saturated carbocycles. The quantitative estimate of drug-likeness (QED) is 0.485. The van der Waals surface area contributed by atoms with Crippen LogP contribution in [0.2, 0.25) is 0 Å². The zero-order valence-corrected chi connectivity index (χ0v) is 15.0. The Labute approximate surface area is 146 Å². The van der Waals surface area contributed by atoms with Crippen molar-refractivity contribution >= 4 is 21.9 Å². The van der Waals surface area contributed by atoms with E-state index < -0.39 is 40.6 Å². The van der Waals surface area contributed by atoms with E-state index in [2.05, 4.69) is 14.8 Å². The number of aliphatic hydroxyl groups is 1. The summed E-state index contributed by atoms with van der Waals surface area (Å²) in [4.78, 5) is 23.4. The number of benzene rings is 1. The predicted octanol–water partition coefficient (Wildman–Crippen LogP) is -0.736. The van der Waals surface area contributed by atoms with Gasteiger partial charge in [0.25, 0.3) is 5.91 Å². The highest BCUT2D eigenvalue weighted by Crippen LogP contribution is 2.11. The summed E-state index contributed by atoms with van der Waals surface area (Å²) in [6.07, 6.45) is 0. The number of carbonyl (C=O) groups excluding carboxylic acids is 2. The first kappa shape index (κ1) is 21.0. The van der Waals surface area contributed by atoms with Gasteiger partial charge in [0.2, 0.25) is 10.0 Å². The lowest BCUT2D eigenvalue weighted by molar-refractivity contribution is -0.143. The highest BCUT2D eigenvalue weighted by Gasteiger charge is 2.22. The van der Waals surface area contributed by atoms with Gasteiger partial charge in [0, 0.05) is 18.7 Å². The second-order valence-electron chi connectivity index (χ2n) is 5.23. The molecule has 2 atom stereocenters. The van der Waals surface area contributed by atoms with Gasteiger partial charge < -0.3 is 19.9 Å². The molecule has 0 aliphatic rings. The summed E-state index contributed by atoms with van der Waals surface area (Å²) >= 11 is 0. The van der Waals surface area contributed by atoms with Crippen molar-refractivity contribution in [3.05, 3.63) is 29.8 Å². The van der Waals surface area contributed by atoms with Gasteiger partial charge in [0.05, 0.1) is 25.2 Å². The number of aliphatic hydroxyl groups excluding tert-OH is 1. The van der Waals surface area contributed by atoms with Crippen LogP contribution in [0.15, 0.2) is 29.2 Å². The molecular formula is C15H22N2O7S. The van der Waals surface area contributed by atoms with Gasteiger partial charge in [-0.15, -0.1) is 0 Å². The number of hydrogen-bond donors (Lipinski definition) is 3. The molecular weight excluding hydrogens is 352 g/mol. The molecule has 10 heteroatoms. The highest BCUT2D eigenvalue weighted by atomic mass is 32.2. The molecule has 3 N–H and O–H groups in total. The maximum atomic E-state index is 12.2. The fourth-order valence-corrected chi connectivity index (χ4v) is 3.19. The molecule has 1 rings (SSSR count). The molecule has 0 aromatic heterocycles. The van der Waals surface area contributed by atoms with Crippen molar-refractivity contribution < 1.29 is 32.6 Å². The largest absolute Gasteiger partial charge is 0.467 e. The summed E-state index contributed by atoms with van der Waals surface area (Å²) in [6, 6.07) is 3.53. The number of rotatable bonds is 9. The monoisotopic (exact) mass is 374 g/mol. The molecule has 25 heavy (non-hydrogen) atoms. The zero-order valence-electron chi connectivity index (χ0n) is 14.2. The van der Waals surface area contributed by atoms with Gasteiger partial charge in [0.1, 0.15) is 0 Å². The Hall–Kier alpha value is -2.01. The topological polar surface area (TPSA) is 131 Å². The number of nitrogens with one attached hydrogen (secondary N) is 2. The Morgan fingerprint density at radius 3 is 2.28 bits per heavy atom. The van der Waals surface area contributed by atoms with E-state index >= 15 is 0 Å². The van der Waals surface area contributed by atoms with Crippen molar-refractivity contribution in [3.8, 4) is 0 Å². The number of esters is 1. The molecule has 0 bridgehead atoms. The molecule has 0 fully saturated rings. The minimum atomic E-state index is -3.75. The Kier molecular flexibility index (Phi) is 7.97. The summed E-state index contributed by atoms with van der Waals surface area (Å²) in [5, 5.41) is 11.4.